The Balaban J connectivity index is 2.21. The van der Waals surface area contributed by atoms with Crippen molar-refractivity contribution in [1.29, 1.82) is 0 Å². The van der Waals surface area contributed by atoms with Gasteiger partial charge >= 0.3 is 5.97 Å². The van der Waals surface area contributed by atoms with Gasteiger partial charge in [0.15, 0.2) is 0 Å². The topological polar surface area (TPSA) is 38.3 Å². The maximum atomic E-state index is 11.9. The lowest BCUT2D eigenvalue weighted by Crippen LogP contribution is -2.50. The lowest BCUT2D eigenvalue weighted by Gasteiger charge is -2.26. The van der Waals surface area contributed by atoms with E-state index in [4.69, 9.17) is 4.74 Å². The van der Waals surface area contributed by atoms with Gasteiger partial charge in [-0.05, 0) is 37.1 Å². The van der Waals surface area contributed by atoms with Crippen molar-refractivity contribution in [3.63, 3.8) is 0 Å². The summed E-state index contributed by atoms with van der Waals surface area (Å²) in [5.41, 5.74) is 0.606. The summed E-state index contributed by atoms with van der Waals surface area (Å²) in [7, 11) is 1.45. The Bertz CT molecular complexity index is 414. The minimum atomic E-state index is -0.532. The molecule has 17 heavy (non-hydrogen) atoms. The maximum absolute atomic E-state index is 11.9. The lowest BCUT2D eigenvalue weighted by molar-refractivity contribution is -0.148. The Morgan fingerprint density at radius 3 is 3.00 bits per heavy atom. The standard InChI is InChI=1S/C13H16BrNO2/c1-17-12(16)13(6-3-7-15-13)9-10-4-2-5-11(14)8-10/h2,4-5,8,15H,3,6-7,9H2,1H3. The molecule has 2 rings (SSSR count). The number of carbonyl (C=O) groups excluding carboxylic acids is 1. The van der Waals surface area contributed by atoms with Gasteiger partial charge in [0.25, 0.3) is 0 Å². The maximum Gasteiger partial charge on any atom is 0.326 e. The van der Waals surface area contributed by atoms with E-state index >= 15 is 0 Å². The average molecular weight is 298 g/mol. The van der Waals surface area contributed by atoms with Gasteiger partial charge in [0.05, 0.1) is 7.11 Å². The minimum Gasteiger partial charge on any atom is -0.468 e. The van der Waals surface area contributed by atoms with Crippen molar-refractivity contribution in [2.75, 3.05) is 13.7 Å². The van der Waals surface area contributed by atoms with Crippen LogP contribution in [0, 0.1) is 0 Å². The zero-order valence-electron chi connectivity index (χ0n) is 9.83. The summed E-state index contributed by atoms with van der Waals surface area (Å²) in [6.07, 6.45) is 2.54. The van der Waals surface area contributed by atoms with Crippen LogP contribution in [-0.2, 0) is 16.0 Å². The van der Waals surface area contributed by atoms with Crippen LogP contribution in [0.3, 0.4) is 0 Å². The van der Waals surface area contributed by atoms with Gasteiger partial charge in [-0.1, -0.05) is 28.1 Å². The van der Waals surface area contributed by atoms with Crippen LogP contribution in [0.25, 0.3) is 0 Å². The number of ether oxygens (including phenoxy) is 1. The number of hydrogen-bond acceptors (Lipinski definition) is 3. The van der Waals surface area contributed by atoms with Crippen molar-refractivity contribution in [2.45, 2.75) is 24.8 Å². The van der Waals surface area contributed by atoms with E-state index < -0.39 is 5.54 Å². The molecular formula is C13H16BrNO2. The number of rotatable bonds is 3. The molecule has 4 heteroatoms. The monoisotopic (exact) mass is 297 g/mol. The summed E-state index contributed by atoms with van der Waals surface area (Å²) in [5, 5.41) is 3.30. The first-order valence-electron chi connectivity index (χ1n) is 5.74. The fourth-order valence-electron chi connectivity index (χ4n) is 2.39. The molecule has 1 atom stereocenters. The molecule has 0 aliphatic carbocycles. The molecule has 1 fully saturated rings. The van der Waals surface area contributed by atoms with Gasteiger partial charge < -0.3 is 10.1 Å². The Morgan fingerprint density at radius 2 is 2.41 bits per heavy atom. The fraction of sp³-hybridized carbons (Fsp3) is 0.462. The molecule has 1 N–H and O–H groups in total. The second-order valence-electron chi connectivity index (χ2n) is 4.41. The summed E-state index contributed by atoms with van der Waals surface area (Å²) < 4.78 is 5.96. The first-order chi connectivity index (χ1) is 8.16. The van der Waals surface area contributed by atoms with E-state index in [-0.39, 0.29) is 5.97 Å². The quantitative estimate of drug-likeness (QED) is 0.870. The average Bonchev–Trinajstić information content (AvgIpc) is 2.78. The van der Waals surface area contributed by atoms with E-state index in [1.165, 1.54) is 7.11 Å². The number of carbonyl (C=O) groups is 1. The third-order valence-electron chi connectivity index (χ3n) is 3.21. The third kappa shape index (κ3) is 2.69. The zero-order chi connectivity index (χ0) is 12.3. The summed E-state index contributed by atoms with van der Waals surface area (Å²) in [5.74, 6) is -0.157. The largest absolute Gasteiger partial charge is 0.468 e. The van der Waals surface area contributed by atoms with E-state index in [2.05, 4.69) is 21.2 Å². The van der Waals surface area contributed by atoms with Gasteiger partial charge in [0, 0.05) is 10.9 Å². The molecule has 0 bridgehead atoms. The van der Waals surface area contributed by atoms with E-state index in [0.717, 1.165) is 29.4 Å². The molecule has 1 saturated heterocycles. The molecule has 0 aromatic heterocycles. The molecule has 1 aliphatic heterocycles. The molecule has 0 radical (unpaired) electrons. The number of hydrogen-bond donors (Lipinski definition) is 1. The van der Waals surface area contributed by atoms with Crippen LogP contribution in [0.4, 0.5) is 0 Å². The Kier molecular flexibility index (Phi) is 3.84. The molecule has 1 heterocycles. The van der Waals surface area contributed by atoms with Gasteiger partial charge in [-0.25, -0.2) is 0 Å². The van der Waals surface area contributed by atoms with Gasteiger partial charge in [-0.3, -0.25) is 4.79 Å². The molecule has 1 aromatic rings. The van der Waals surface area contributed by atoms with Crippen molar-refractivity contribution < 1.29 is 9.53 Å². The molecule has 1 aromatic carbocycles. The van der Waals surface area contributed by atoms with E-state index in [0.29, 0.717) is 6.42 Å². The van der Waals surface area contributed by atoms with Crippen LogP contribution in [0.5, 0.6) is 0 Å². The van der Waals surface area contributed by atoms with Crippen LogP contribution in [0.1, 0.15) is 18.4 Å². The molecule has 0 amide bonds. The predicted octanol–water partition coefficient (Wildman–Crippen LogP) is 2.29. The Hall–Kier alpha value is -0.870. The number of halogens is 1. The molecule has 1 aliphatic rings. The van der Waals surface area contributed by atoms with Crippen molar-refractivity contribution in [3.05, 3.63) is 34.3 Å². The summed E-state index contributed by atoms with van der Waals surface area (Å²) in [6.45, 7) is 0.878. The Labute approximate surface area is 110 Å². The molecule has 0 spiro atoms. The van der Waals surface area contributed by atoms with Gasteiger partial charge in [-0.15, -0.1) is 0 Å². The first kappa shape index (κ1) is 12.6. The summed E-state index contributed by atoms with van der Waals surface area (Å²) >= 11 is 3.45. The Morgan fingerprint density at radius 1 is 1.59 bits per heavy atom. The van der Waals surface area contributed by atoms with Gasteiger partial charge in [0.2, 0.25) is 0 Å². The van der Waals surface area contributed by atoms with Crippen molar-refractivity contribution >= 4 is 21.9 Å². The molecule has 3 nitrogen and oxygen atoms in total. The first-order valence-corrected chi connectivity index (χ1v) is 6.53. The second kappa shape index (κ2) is 5.19. The minimum absolute atomic E-state index is 0.157. The predicted molar refractivity (Wildman–Crippen MR) is 69.8 cm³/mol. The lowest BCUT2D eigenvalue weighted by atomic mass is 9.89. The van der Waals surface area contributed by atoms with Crippen LogP contribution in [0.15, 0.2) is 28.7 Å². The van der Waals surface area contributed by atoms with Crippen molar-refractivity contribution in [2.24, 2.45) is 0 Å². The van der Waals surface area contributed by atoms with E-state index in [1.54, 1.807) is 0 Å². The van der Waals surface area contributed by atoms with Gasteiger partial charge in [-0.2, -0.15) is 0 Å². The number of nitrogens with one attached hydrogen (secondary N) is 1. The van der Waals surface area contributed by atoms with Crippen molar-refractivity contribution in [3.8, 4) is 0 Å². The SMILES string of the molecule is COC(=O)C1(Cc2cccc(Br)c2)CCCN1. The number of methoxy groups -OCH3 is 1. The summed E-state index contributed by atoms with van der Waals surface area (Å²) in [4.78, 5) is 11.9. The zero-order valence-corrected chi connectivity index (χ0v) is 11.4. The van der Waals surface area contributed by atoms with Crippen LogP contribution < -0.4 is 5.32 Å². The molecule has 1 unspecified atom stereocenters. The normalized spacial score (nSPS) is 23.6. The molecule has 92 valence electrons. The molecular weight excluding hydrogens is 282 g/mol. The van der Waals surface area contributed by atoms with E-state index in [1.807, 2.05) is 24.3 Å². The van der Waals surface area contributed by atoms with E-state index in [9.17, 15) is 4.79 Å². The second-order valence-corrected chi connectivity index (χ2v) is 5.33. The highest BCUT2D eigenvalue weighted by molar-refractivity contribution is 9.10. The van der Waals surface area contributed by atoms with Crippen LogP contribution >= 0.6 is 15.9 Å². The smallest absolute Gasteiger partial charge is 0.326 e. The highest BCUT2D eigenvalue weighted by Crippen LogP contribution is 2.26. The van der Waals surface area contributed by atoms with Gasteiger partial charge in [0.1, 0.15) is 5.54 Å². The number of benzene rings is 1. The summed E-state index contributed by atoms with van der Waals surface area (Å²) in [6, 6.07) is 8.05. The fourth-order valence-corrected chi connectivity index (χ4v) is 2.84. The number of esters is 1. The highest BCUT2D eigenvalue weighted by Gasteiger charge is 2.41. The van der Waals surface area contributed by atoms with Crippen molar-refractivity contribution in [1.82, 2.24) is 5.32 Å². The third-order valence-corrected chi connectivity index (χ3v) is 3.71. The molecule has 0 saturated carbocycles. The van der Waals surface area contributed by atoms with Crippen LogP contribution in [0.2, 0.25) is 0 Å². The highest BCUT2D eigenvalue weighted by atomic mass is 79.9. The van der Waals surface area contributed by atoms with Crippen LogP contribution in [-0.4, -0.2) is 25.2 Å².